The van der Waals surface area contributed by atoms with E-state index in [0.29, 0.717) is 22.9 Å². The summed E-state index contributed by atoms with van der Waals surface area (Å²) in [4.78, 5) is 16.6. The molecule has 1 amide bonds. The maximum atomic E-state index is 12.5. The average molecular weight is 418 g/mol. The van der Waals surface area contributed by atoms with Gasteiger partial charge in [-0.25, -0.2) is 9.78 Å². The summed E-state index contributed by atoms with van der Waals surface area (Å²) in [5, 5.41) is 10.6. The molecule has 2 heterocycles. The number of nitrogens with zero attached hydrogens (tertiary/aromatic N) is 2. The number of carbonyl (C=O) groups is 1. The lowest BCUT2D eigenvalue weighted by Gasteiger charge is -2.11. The molecule has 1 aliphatic carbocycles. The van der Waals surface area contributed by atoms with Crippen LogP contribution in [-0.2, 0) is 6.54 Å². The number of alkyl halides is 3. The maximum Gasteiger partial charge on any atom is 0.573 e. The molecule has 0 radical (unpaired) electrons. The number of halogens is 3. The summed E-state index contributed by atoms with van der Waals surface area (Å²) < 4.78 is 47.4. The summed E-state index contributed by atoms with van der Waals surface area (Å²) in [6, 6.07) is 7.71. The molecular weight excluding hydrogens is 401 g/mol. The first-order valence-electron chi connectivity index (χ1n) is 9.15. The molecule has 0 bridgehead atoms. The number of oxazole rings is 1. The lowest BCUT2D eigenvalue weighted by molar-refractivity contribution is -0.274. The summed E-state index contributed by atoms with van der Waals surface area (Å²) >= 11 is 0. The Morgan fingerprint density at radius 1 is 1.20 bits per heavy atom. The van der Waals surface area contributed by atoms with Gasteiger partial charge in [0.25, 0.3) is 0 Å². The molecule has 2 N–H and O–H groups in total. The van der Waals surface area contributed by atoms with Crippen molar-refractivity contribution >= 4 is 6.03 Å². The number of carbonyl (C=O) groups excluding carboxylic acids is 1. The number of aromatic nitrogens is 2. The van der Waals surface area contributed by atoms with Crippen LogP contribution in [0.25, 0.3) is 11.1 Å². The Labute approximate surface area is 168 Å². The van der Waals surface area contributed by atoms with Crippen molar-refractivity contribution in [2.24, 2.45) is 0 Å². The third-order valence-electron chi connectivity index (χ3n) is 4.53. The van der Waals surface area contributed by atoms with Gasteiger partial charge < -0.3 is 14.5 Å². The number of nitrogens with one attached hydrogen (secondary N) is 2. The Hall–Kier alpha value is -3.56. The van der Waals surface area contributed by atoms with Crippen molar-refractivity contribution in [1.29, 1.82) is 5.41 Å². The van der Waals surface area contributed by atoms with E-state index in [1.54, 1.807) is 12.3 Å². The fourth-order valence-corrected chi connectivity index (χ4v) is 2.89. The molecule has 1 aliphatic rings. The van der Waals surface area contributed by atoms with Crippen molar-refractivity contribution in [1.82, 2.24) is 14.9 Å². The molecule has 0 aliphatic heterocycles. The normalized spacial score (nSPS) is 13.8. The van der Waals surface area contributed by atoms with Crippen LogP contribution in [0.15, 0.2) is 53.2 Å². The molecule has 1 fully saturated rings. The van der Waals surface area contributed by atoms with E-state index in [-0.39, 0.29) is 17.8 Å². The fourth-order valence-electron chi connectivity index (χ4n) is 2.89. The Kier molecular flexibility index (Phi) is 5.06. The highest BCUT2D eigenvalue weighted by molar-refractivity contribution is 5.78. The van der Waals surface area contributed by atoms with Crippen molar-refractivity contribution < 1.29 is 27.1 Å². The van der Waals surface area contributed by atoms with Crippen LogP contribution in [0.1, 0.15) is 30.4 Å². The molecule has 4 rings (SSSR count). The minimum atomic E-state index is -4.77. The van der Waals surface area contributed by atoms with Crippen LogP contribution in [0.4, 0.5) is 18.0 Å². The molecule has 1 saturated carbocycles. The molecule has 7 nitrogen and oxygen atoms in total. The van der Waals surface area contributed by atoms with Gasteiger partial charge in [-0.1, -0.05) is 12.1 Å². The quantitative estimate of drug-likeness (QED) is 0.651. The van der Waals surface area contributed by atoms with Crippen molar-refractivity contribution in [2.45, 2.75) is 31.7 Å². The van der Waals surface area contributed by atoms with Gasteiger partial charge >= 0.3 is 12.4 Å². The summed E-state index contributed by atoms with van der Waals surface area (Å²) in [6.45, 7) is 0.0751. The Morgan fingerprint density at radius 3 is 2.57 bits per heavy atom. The highest BCUT2D eigenvalue weighted by Gasteiger charge is 2.31. The molecule has 0 spiro atoms. The number of pyridine rings is 1. The first-order valence-corrected chi connectivity index (χ1v) is 9.15. The zero-order chi connectivity index (χ0) is 21.3. The van der Waals surface area contributed by atoms with Crippen LogP contribution >= 0.6 is 0 Å². The molecule has 2 aromatic heterocycles. The average Bonchev–Trinajstić information content (AvgIpc) is 3.44. The van der Waals surface area contributed by atoms with Gasteiger partial charge in [-0.3, -0.25) is 9.98 Å². The fraction of sp³-hybridized carbons (Fsp3) is 0.250. The molecule has 0 atom stereocenters. The molecular formula is C20H17F3N4O3. The largest absolute Gasteiger partial charge is 0.573 e. The number of hydrogen-bond donors (Lipinski definition) is 2. The number of ether oxygens (including phenoxy) is 1. The number of amides is 1. The van der Waals surface area contributed by atoms with Gasteiger partial charge in [0, 0.05) is 12.1 Å². The molecule has 0 unspecified atom stereocenters. The molecule has 10 heteroatoms. The highest BCUT2D eigenvalue weighted by atomic mass is 19.4. The van der Waals surface area contributed by atoms with Gasteiger partial charge in [-0.05, 0) is 48.2 Å². The minimum absolute atomic E-state index is 0.0562. The summed E-state index contributed by atoms with van der Waals surface area (Å²) in [7, 11) is 0. The van der Waals surface area contributed by atoms with E-state index in [4.69, 9.17) is 9.83 Å². The van der Waals surface area contributed by atoms with E-state index < -0.39 is 12.4 Å². The van der Waals surface area contributed by atoms with Gasteiger partial charge in [0.15, 0.2) is 0 Å². The zero-order valence-electron chi connectivity index (χ0n) is 15.6. The summed E-state index contributed by atoms with van der Waals surface area (Å²) in [5.74, 6) is 1.27. The Bertz CT molecular complexity index is 1120. The Balaban J connectivity index is 1.46. The number of benzene rings is 1. The van der Waals surface area contributed by atoms with Gasteiger partial charge in [0.1, 0.15) is 17.0 Å². The van der Waals surface area contributed by atoms with Crippen molar-refractivity contribution in [2.75, 3.05) is 0 Å². The second kappa shape index (κ2) is 7.69. The second-order valence-electron chi connectivity index (χ2n) is 6.83. The van der Waals surface area contributed by atoms with Crippen molar-refractivity contribution in [3.63, 3.8) is 0 Å². The van der Waals surface area contributed by atoms with E-state index in [1.165, 1.54) is 36.5 Å². The van der Waals surface area contributed by atoms with Gasteiger partial charge in [-0.2, -0.15) is 0 Å². The molecule has 30 heavy (non-hydrogen) atoms. The molecule has 0 saturated heterocycles. The van der Waals surface area contributed by atoms with Gasteiger partial charge in [0.2, 0.25) is 5.89 Å². The number of rotatable bonds is 5. The molecule has 156 valence electrons. The monoisotopic (exact) mass is 418 g/mol. The first-order chi connectivity index (χ1) is 14.3. The summed E-state index contributed by atoms with van der Waals surface area (Å²) in [5.41, 5.74) is 1.05. The van der Waals surface area contributed by atoms with Gasteiger partial charge in [0.05, 0.1) is 12.7 Å². The van der Waals surface area contributed by atoms with E-state index in [1.807, 2.05) is 0 Å². The lowest BCUT2D eigenvalue weighted by atomic mass is 10.1. The van der Waals surface area contributed by atoms with Crippen molar-refractivity contribution in [3.8, 4) is 16.9 Å². The van der Waals surface area contributed by atoms with E-state index in [9.17, 15) is 18.0 Å². The van der Waals surface area contributed by atoms with Crippen LogP contribution in [0.5, 0.6) is 5.75 Å². The predicted molar refractivity (Wildman–Crippen MR) is 98.5 cm³/mol. The second-order valence-corrected chi connectivity index (χ2v) is 6.83. The third kappa shape index (κ3) is 4.70. The van der Waals surface area contributed by atoms with Crippen LogP contribution in [-0.4, -0.2) is 21.9 Å². The maximum absolute atomic E-state index is 12.5. The van der Waals surface area contributed by atoms with Crippen LogP contribution in [0.2, 0.25) is 0 Å². The first kappa shape index (κ1) is 19.7. The molecule has 1 aromatic carbocycles. The van der Waals surface area contributed by atoms with Crippen LogP contribution in [0.3, 0.4) is 0 Å². The van der Waals surface area contributed by atoms with Crippen LogP contribution < -0.4 is 15.5 Å². The van der Waals surface area contributed by atoms with Crippen molar-refractivity contribution in [3.05, 3.63) is 65.9 Å². The lowest BCUT2D eigenvalue weighted by Crippen LogP contribution is -2.35. The van der Waals surface area contributed by atoms with E-state index in [2.05, 4.69) is 15.0 Å². The number of hydrogen-bond acceptors (Lipinski definition) is 5. The highest BCUT2D eigenvalue weighted by Crippen LogP contribution is 2.40. The zero-order valence-corrected chi connectivity index (χ0v) is 15.6. The third-order valence-corrected chi connectivity index (χ3v) is 4.53. The van der Waals surface area contributed by atoms with Crippen LogP contribution in [0, 0.1) is 5.41 Å². The standard InChI is InChI=1S/C20H17F3N4O3/c21-20(22,23)30-15-6-3-12(4-7-15)14-5-8-17(24)27(11-14)19(28)26-10-18-25-9-16(29-18)13-1-2-13/h3-9,11,13,24H,1-2,10H2,(H,26,28). The topological polar surface area (TPSA) is 93.1 Å². The smallest absolute Gasteiger partial charge is 0.443 e. The van der Waals surface area contributed by atoms with E-state index >= 15 is 0 Å². The Morgan fingerprint density at radius 2 is 1.90 bits per heavy atom. The summed E-state index contributed by atoms with van der Waals surface area (Å²) in [6.07, 6.45) is 0.486. The SMILES string of the molecule is N=c1ccc(-c2ccc(OC(F)(F)F)cc2)cn1C(=O)NCc1ncc(C2CC2)o1. The molecule has 3 aromatic rings. The van der Waals surface area contributed by atoms with E-state index in [0.717, 1.165) is 23.2 Å². The predicted octanol–water partition coefficient (Wildman–Crippen LogP) is 4.16. The minimum Gasteiger partial charge on any atom is -0.443 e. The van der Waals surface area contributed by atoms with Gasteiger partial charge in [-0.15, -0.1) is 13.2 Å².